The predicted octanol–water partition coefficient (Wildman–Crippen LogP) is 0.540. The molecule has 9 heteroatoms. The average Bonchev–Trinajstić information content (AvgIpc) is 2.98. The first kappa shape index (κ1) is 20.6. The number of likely N-dealkylation sites (tertiary alicyclic amines) is 1. The summed E-state index contributed by atoms with van der Waals surface area (Å²) in [4.78, 5) is 19.7. The van der Waals surface area contributed by atoms with Crippen molar-refractivity contribution in [1.29, 1.82) is 0 Å². The van der Waals surface area contributed by atoms with Gasteiger partial charge in [-0.15, -0.1) is 0 Å². The molecule has 0 aromatic carbocycles. The van der Waals surface area contributed by atoms with E-state index in [0.717, 1.165) is 37.1 Å². The minimum Gasteiger partial charge on any atom is -0.481 e. The average molecular weight is 424 g/mol. The summed E-state index contributed by atoms with van der Waals surface area (Å²) in [7, 11) is -1.34. The van der Waals surface area contributed by atoms with Crippen LogP contribution in [0.25, 0.3) is 0 Å². The molecule has 0 unspecified atom stereocenters. The van der Waals surface area contributed by atoms with E-state index >= 15 is 0 Å². The summed E-state index contributed by atoms with van der Waals surface area (Å²) in [6, 6.07) is 1.83. The van der Waals surface area contributed by atoms with Gasteiger partial charge in [-0.2, -0.15) is 0 Å². The molecule has 0 aliphatic carbocycles. The van der Waals surface area contributed by atoms with Crippen LogP contribution in [0.5, 0.6) is 5.88 Å². The Balaban J connectivity index is 1.47. The number of ether oxygens (including phenoxy) is 2. The number of amides is 1. The number of carbonyl (C=O) groups excluding carboxylic acids is 1. The lowest BCUT2D eigenvalue weighted by Crippen LogP contribution is -2.56. The number of nitrogens with one attached hydrogen (secondary N) is 1. The monoisotopic (exact) mass is 423 g/mol. The Morgan fingerprint density at radius 2 is 2.10 bits per heavy atom. The Morgan fingerprint density at radius 3 is 2.72 bits per heavy atom. The number of hydrogen-bond acceptors (Lipinski definition) is 7. The maximum Gasteiger partial charge on any atom is 0.225 e. The van der Waals surface area contributed by atoms with Gasteiger partial charge in [-0.25, -0.2) is 13.4 Å². The molecule has 4 rings (SSSR count). The van der Waals surface area contributed by atoms with Gasteiger partial charge in [0, 0.05) is 50.0 Å². The summed E-state index contributed by atoms with van der Waals surface area (Å²) in [5, 5.41) is 2.98. The molecular formula is C20H29N3O5S. The molecule has 0 saturated carbocycles. The second kappa shape index (κ2) is 7.85. The van der Waals surface area contributed by atoms with E-state index < -0.39 is 9.84 Å². The molecule has 1 aromatic rings. The Hall–Kier alpha value is -1.71. The molecule has 1 atom stereocenters. The van der Waals surface area contributed by atoms with Crippen LogP contribution in [0.2, 0.25) is 0 Å². The lowest BCUT2D eigenvalue weighted by atomic mass is 9.71. The molecule has 0 radical (unpaired) electrons. The number of carbonyl (C=O) groups is 1. The van der Waals surface area contributed by atoms with Gasteiger partial charge in [-0.05, 0) is 31.4 Å². The van der Waals surface area contributed by atoms with Crippen molar-refractivity contribution < 1.29 is 22.7 Å². The maximum atomic E-state index is 13.1. The molecule has 3 fully saturated rings. The molecule has 1 spiro atoms. The summed E-state index contributed by atoms with van der Waals surface area (Å²) < 4.78 is 33.7. The van der Waals surface area contributed by atoms with Crippen LogP contribution in [-0.2, 0) is 25.9 Å². The summed E-state index contributed by atoms with van der Waals surface area (Å²) in [6.45, 7) is 5.53. The molecule has 3 saturated heterocycles. The largest absolute Gasteiger partial charge is 0.481 e. The molecule has 1 N–H and O–H groups in total. The first-order chi connectivity index (χ1) is 13.8. The molecular weight excluding hydrogens is 394 g/mol. The van der Waals surface area contributed by atoms with Gasteiger partial charge < -0.3 is 14.8 Å². The van der Waals surface area contributed by atoms with E-state index in [9.17, 15) is 13.2 Å². The van der Waals surface area contributed by atoms with Gasteiger partial charge in [-0.3, -0.25) is 9.69 Å². The topological polar surface area (TPSA) is 97.8 Å². The molecule has 160 valence electrons. The van der Waals surface area contributed by atoms with Crippen LogP contribution in [0.3, 0.4) is 0 Å². The summed E-state index contributed by atoms with van der Waals surface area (Å²) in [6.07, 6.45) is 3.53. The molecule has 1 aromatic heterocycles. The van der Waals surface area contributed by atoms with Crippen molar-refractivity contribution in [3.63, 3.8) is 0 Å². The van der Waals surface area contributed by atoms with E-state index in [2.05, 4.69) is 21.3 Å². The van der Waals surface area contributed by atoms with Gasteiger partial charge in [0.15, 0.2) is 9.84 Å². The Labute approximate surface area is 171 Å². The van der Waals surface area contributed by atoms with Gasteiger partial charge in [0.1, 0.15) is 0 Å². The molecule has 29 heavy (non-hydrogen) atoms. The Kier molecular flexibility index (Phi) is 5.56. The number of pyridine rings is 1. The lowest BCUT2D eigenvalue weighted by molar-refractivity contribution is -0.130. The fourth-order valence-corrected chi connectivity index (χ4v) is 6.26. The zero-order valence-electron chi connectivity index (χ0n) is 17.0. The zero-order valence-corrected chi connectivity index (χ0v) is 17.8. The second-order valence-electron chi connectivity index (χ2n) is 8.65. The standard InChI is InChI=1S/C20H29N3O5S/c1-14-7-15(8-21-19(14)27-2)9-23-10-17(20(13-23)3-5-28-6-4-20)18(24)22-16-11-29(25,26)12-16/h7-8,16-17H,3-6,9-13H2,1-2H3,(H,22,24)/t17-/m0/s1. The van der Waals surface area contributed by atoms with Gasteiger partial charge in [-0.1, -0.05) is 0 Å². The first-order valence-corrected chi connectivity index (χ1v) is 11.9. The van der Waals surface area contributed by atoms with Crippen LogP contribution in [0.4, 0.5) is 0 Å². The third-order valence-electron chi connectivity index (χ3n) is 6.47. The Morgan fingerprint density at radius 1 is 1.38 bits per heavy atom. The SMILES string of the molecule is COc1ncc(CN2C[C@@H](C(=O)NC3CS(=O)(=O)C3)C3(CCOCC3)C2)cc1C. The molecule has 3 aliphatic heterocycles. The molecule has 0 bridgehead atoms. The number of aromatic nitrogens is 1. The van der Waals surface area contributed by atoms with Gasteiger partial charge in [0.2, 0.25) is 11.8 Å². The van der Waals surface area contributed by atoms with Crippen LogP contribution in [0.15, 0.2) is 12.3 Å². The summed E-state index contributed by atoms with van der Waals surface area (Å²) >= 11 is 0. The quantitative estimate of drug-likeness (QED) is 0.738. The van der Waals surface area contributed by atoms with E-state index in [1.54, 1.807) is 7.11 Å². The first-order valence-electron chi connectivity index (χ1n) is 10.1. The number of nitrogens with zero attached hydrogens (tertiary/aromatic N) is 2. The van der Waals surface area contributed by atoms with Crippen molar-refractivity contribution in [1.82, 2.24) is 15.2 Å². The van der Waals surface area contributed by atoms with Crippen LogP contribution >= 0.6 is 0 Å². The number of rotatable bonds is 5. The molecule has 4 heterocycles. The zero-order chi connectivity index (χ0) is 20.6. The van der Waals surface area contributed by atoms with Gasteiger partial charge in [0.05, 0.1) is 30.6 Å². The Bertz CT molecular complexity index is 870. The minimum absolute atomic E-state index is 0.0154. The van der Waals surface area contributed by atoms with Crippen molar-refractivity contribution in [3.8, 4) is 5.88 Å². The van der Waals surface area contributed by atoms with Crippen molar-refractivity contribution in [2.45, 2.75) is 32.4 Å². The number of hydrogen-bond donors (Lipinski definition) is 1. The highest BCUT2D eigenvalue weighted by atomic mass is 32.2. The fraction of sp³-hybridized carbons (Fsp3) is 0.700. The normalized spacial score (nSPS) is 26.2. The number of sulfone groups is 1. The molecule has 1 amide bonds. The number of aryl methyl sites for hydroxylation is 1. The smallest absolute Gasteiger partial charge is 0.225 e. The van der Waals surface area contributed by atoms with Crippen LogP contribution < -0.4 is 10.1 Å². The minimum atomic E-state index is -2.96. The van der Waals surface area contributed by atoms with Gasteiger partial charge >= 0.3 is 0 Å². The van der Waals surface area contributed by atoms with Crippen molar-refractivity contribution >= 4 is 15.7 Å². The van der Waals surface area contributed by atoms with Crippen molar-refractivity contribution in [2.75, 3.05) is 44.9 Å². The molecule has 8 nitrogen and oxygen atoms in total. The maximum absolute atomic E-state index is 13.1. The van der Waals surface area contributed by atoms with Crippen molar-refractivity contribution in [3.05, 3.63) is 23.4 Å². The third-order valence-corrected chi connectivity index (χ3v) is 8.29. The van der Waals surface area contributed by atoms with E-state index in [1.807, 2.05) is 13.1 Å². The fourth-order valence-electron chi connectivity index (χ4n) is 4.97. The third kappa shape index (κ3) is 4.27. The van der Waals surface area contributed by atoms with Crippen LogP contribution in [-0.4, -0.2) is 75.2 Å². The van der Waals surface area contributed by atoms with E-state index in [0.29, 0.717) is 25.6 Å². The number of methoxy groups -OCH3 is 1. The highest BCUT2D eigenvalue weighted by Crippen LogP contribution is 2.45. The van der Waals surface area contributed by atoms with Crippen LogP contribution in [0.1, 0.15) is 24.0 Å². The van der Waals surface area contributed by atoms with E-state index in [1.165, 1.54) is 0 Å². The summed E-state index contributed by atoms with van der Waals surface area (Å²) in [5.41, 5.74) is 1.97. The van der Waals surface area contributed by atoms with Crippen molar-refractivity contribution in [2.24, 2.45) is 11.3 Å². The molecule has 3 aliphatic rings. The highest BCUT2D eigenvalue weighted by molar-refractivity contribution is 7.92. The van der Waals surface area contributed by atoms with E-state index in [4.69, 9.17) is 9.47 Å². The predicted molar refractivity (Wildman–Crippen MR) is 107 cm³/mol. The van der Waals surface area contributed by atoms with Gasteiger partial charge in [0.25, 0.3) is 0 Å². The highest BCUT2D eigenvalue weighted by Gasteiger charge is 2.51. The second-order valence-corrected chi connectivity index (χ2v) is 10.8. The summed E-state index contributed by atoms with van der Waals surface area (Å²) in [5.74, 6) is 0.577. The lowest BCUT2D eigenvalue weighted by Gasteiger charge is -2.38. The van der Waals surface area contributed by atoms with E-state index in [-0.39, 0.29) is 34.8 Å². The van der Waals surface area contributed by atoms with Crippen LogP contribution in [0, 0.1) is 18.3 Å².